The number of rotatable bonds is 7. The second-order valence-corrected chi connectivity index (χ2v) is 8.99. The van der Waals surface area contributed by atoms with E-state index in [4.69, 9.17) is 24.6 Å². The van der Waals surface area contributed by atoms with Crippen LogP contribution in [0.4, 0.5) is 0 Å². The molecular weight excluding hydrogens is 481 g/mol. The number of hydrogen-bond donors (Lipinski definition) is 1. The molecule has 1 heterocycles. The maximum atomic E-state index is 8.95. The van der Waals surface area contributed by atoms with Crippen molar-refractivity contribution in [3.05, 3.63) is 133 Å². The van der Waals surface area contributed by atoms with Crippen LogP contribution in [0.25, 0.3) is 56.4 Å². The monoisotopic (exact) mass is 505 g/mol. The summed E-state index contributed by atoms with van der Waals surface area (Å²) in [5, 5.41) is 8.95. The Kier molecular flexibility index (Phi) is 6.93. The van der Waals surface area contributed by atoms with Gasteiger partial charge in [0.15, 0.2) is 17.5 Å². The van der Waals surface area contributed by atoms with Gasteiger partial charge in [-0.05, 0) is 34.4 Å². The predicted molar refractivity (Wildman–Crippen MR) is 157 cm³/mol. The Balaban J connectivity index is 1.36. The zero-order valence-electron chi connectivity index (χ0n) is 21.1. The van der Waals surface area contributed by atoms with Gasteiger partial charge >= 0.3 is 7.69 Å². The van der Waals surface area contributed by atoms with E-state index in [2.05, 4.69) is 48.5 Å². The first kappa shape index (κ1) is 24.3. The summed E-state index contributed by atoms with van der Waals surface area (Å²) < 4.78 is 5.13. The molecular formula is C33H24BN3O2. The summed E-state index contributed by atoms with van der Waals surface area (Å²) >= 11 is 0. The Morgan fingerprint density at radius 1 is 0.385 bits per heavy atom. The van der Waals surface area contributed by atoms with Crippen LogP contribution in [-0.4, -0.2) is 27.7 Å². The summed E-state index contributed by atoms with van der Waals surface area (Å²) in [5.74, 6) is 2.50. The zero-order chi connectivity index (χ0) is 26.4. The molecule has 0 saturated heterocycles. The molecule has 6 aromatic rings. The highest BCUT2D eigenvalue weighted by Crippen LogP contribution is 2.29. The molecule has 6 rings (SSSR count). The second-order valence-electron chi connectivity index (χ2n) is 8.99. The average molecular weight is 505 g/mol. The molecule has 0 unspecified atom stereocenters. The van der Waals surface area contributed by atoms with Crippen molar-refractivity contribution in [1.29, 1.82) is 0 Å². The second kappa shape index (κ2) is 11.1. The quantitative estimate of drug-likeness (QED) is 0.241. The minimum absolute atomic E-state index is 0.343. The van der Waals surface area contributed by atoms with Crippen molar-refractivity contribution in [3.8, 4) is 62.2 Å². The molecule has 0 spiro atoms. The van der Waals surface area contributed by atoms with Crippen molar-refractivity contribution in [2.24, 2.45) is 0 Å². The first-order chi connectivity index (χ1) is 19.3. The van der Waals surface area contributed by atoms with Gasteiger partial charge in [0.1, 0.15) is 5.75 Å². The third kappa shape index (κ3) is 5.47. The number of nitrogens with zero attached hydrogens (tertiary/aromatic N) is 3. The summed E-state index contributed by atoms with van der Waals surface area (Å²) in [6.45, 7) is 0. The van der Waals surface area contributed by atoms with Gasteiger partial charge in [0.2, 0.25) is 0 Å². The van der Waals surface area contributed by atoms with Gasteiger partial charge in [-0.2, -0.15) is 0 Å². The van der Waals surface area contributed by atoms with E-state index in [-0.39, 0.29) is 7.69 Å². The predicted octanol–water partition coefficient (Wildman–Crippen LogP) is 6.84. The van der Waals surface area contributed by atoms with E-state index in [0.29, 0.717) is 23.2 Å². The van der Waals surface area contributed by atoms with Crippen molar-refractivity contribution < 1.29 is 9.68 Å². The molecule has 0 aliphatic heterocycles. The van der Waals surface area contributed by atoms with Crippen LogP contribution in [0, 0.1) is 0 Å². The molecule has 186 valence electrons. The molecule has 0 aliphatic carbocycles. The van der Waals surface area contributed by atoms with Crippen LogP contribution in [0.5, 0.6) is 5.75 Å². The van der Waals surface area contributed by atoms with Gasteiger partial charge in [0.25, 0.3) is 0 Å². The van der Waals surface area contributed by atoms with Crippen molar-refractivity contribution in [1.82, 2.24) is 15.0 Å². The minimum atomic E-state index is -0.343. The average Bonchev–Trinajstić information content (AvgIpc) is 3.02. The lowest BCUT2D eigenvalue weighted by atomic mass is 10.0. The number of aromatic nitrogens is 3. The summed E-state index contributed by atoms with van der Waals surface area (Å²) in [4.78, 5) is 14.5. The molecule has 39 heavy (non-hydrogen) atoms. The molecule has 6 heteroatoms. The first-order valence-corrected chi connectivity index (χ1v) is 12.7. The summed E-state index contributed by atoms with van der Waals surface area (Å²) in [7, 11) is -0.343. The molecule has 0 radical (unpaired) electrons. The molecule has 5 nitrogen and oxygen atoms in total. The van der Waals surface area contributed by atoms with Gasteiger partial charge in [0.05, 0.1) is 0 Å². The Bertz CT molecular complexity index is 1680. The van der Waals surface area contributed by atoms with Crippen LogP contribution in [0.15, 0.2) is 133 Å². The molecule has 0 saturated carbocycles. The van der Waals surface area contributed by atoms with Crippen LogP contribution in [0.1, 0.15) is 0 Å². The van der Waals surface area contributed by atoms with E-state index in [9.17, 15) is 0 Å². The highest BCUT2D eigenvalue weighted by atomic mass is 16.5. The normalized spacial score (nSPS) is 10.7. The largest absolute Gasteiger partial charge is 0.539 e. The maximum absolute atomic E-state index is 8.95. The summed E-state index contributed by atoms with van der Waals surface area (Å²) in [5.41, 5.74) is 7.18. The molecule has 0 atom stereocenters. The van der Waals surface area contributed by atoms with Gasteiger partial charge in [-0.25, -0.2) is 15.0 Å². The van der Waals surface area contributed by atoms with Crippen molar-refractivity contribution in [2.75, 3.05) is 0 Å². The van der Waals surface area contributed by atoms with Crippen LogP contribution >= 0.6 is 0 Å². The maximum Gasteiger partial charge on any atom is 0.504 e. The highest BCUT2D eigenvalue weighted by Gasteiger charge is 2.13. The van der Waals surface area contributed by atoms with Crippen molar-refractivity contribution >= 4 is 7.69 Å². The lowest BCUT2D eigenvalue weighted by Crippen LogP contribution is -2.00. The highest BCUT2D eigenvalue weighted by molar-refractivity contribution is 6.17. The summed E-state index contributed by atoms with van der Waals surface area (Å²) in [6, 6.07) is 44.4. The molecule has 1 N–H and O–H groups in total. The van der Waals surface area contributed by atoms with Crippen LogP contribution in [0.2, 0.25) is 0 Å². The molecule has 0 amide bonds. The van der Waals surface area contributed by atoms with E-state index >= 15 is 0 Å². The van der Waals surface area contributed by atoms with Crippen molar-refractivity contribution in [2.45, 2.75) is 0 Å². The Morgan fingerprint density at radius 2 is 0.692 bits per heavy atom. The van der Waals surface area contributed by atoms with Gasteiger partial charge in [-0.1, -0.05) is 121 Å². The number of benzene rings is 5. The fraction of sp³-hybridized carbons (Fsp3) is 0. The first-order valence-electron chi connectivity index (χ1n) is 12.7. The SMILES string of the molecule is OBOc1ccc(-c2ccc(-c3nc(-c4ccccc4)nc(-c4ccc(-c5ccccc5)cc4)n3)cc2)cc1. The smallest absolute Gasteiger partial charge is 0.504 e. The lowest BCUT2D eigenvalue weighted by Gasteiger charge is -2.10. The van der Waals surface area contributed by atoms with E-state index in [1.54, 1.807) is 0 Å². The fourth-order valence-electron chi connectivity index (χ4n) is 4.42. The van der Waals surface area contributed by atoms with Gasteiger partial charge < -0.3 is 9.68 Å². The van der Waals surface area contributed by atoms with Gasteiger partial charge in [-0.3, -0.25) is 0 Å². The number of hydrogen-bond acceptors (Lipinski definition) is 5. The molecule has 5 aromatic carbocycles. The van der Waals surface area contributed by atoms with Gasteiger partial charge in [-0.15, -0.1) is 0 Å². The summed E-state index contributed by atoms with van der Waals surface area (Å²) in [6.07, 6.45) is 0. The lowest BCUT2D eigenvalue weighted by molar-refractivity contribution is 0.454. The fourth-order valence-corrected chi connectivity index (χ4v) is 4.42. The third-order valence-electron chi connectivity index (χ3n) is 6.48. The van der Waals surface area contributed by atoms with Gasteiger partial charge in [0, 0.05) is 16.7 Å². The van der Waals surface area contributed by atoms with Crippen LogP contribution in [-0.2, 0) is 0 Å². The topological polar surface area (TPSA) is 68.1 Å². The Labute approximate surface area is 227 Å². The van der Waals surface area contributed by atoms with E-state index in [0.717, 1.165) is 33.4 Å². The zero-order valence-corrected chi connectivity index (χ0v) is 21.1. The molecule has 0 fully saturated rings. The van der Waals surface area contributed by atoms with Crippen LogP contribution < -0.4 is 4.65 Å². The standard InChI is InChI=1S/C33H24BN3O2/c38-34-39-30-21-19-26(20-22-30)25-13-17-29(18-14-25)33-36-31(27-9-5-2-6-10-27)35-32(37-33)28-15-11-24(12-16-28)23-7-3-1-4-8-23/h1-22,34,38H. The van der Waals surface area contributed by atoms with E-state index < -0.39 is 0 Å². The van der Waals surface area contributed by atoms with Crippen molar-refractivity contribution in [3.63, 3.8) is 0 Å². The minimum Gasteiger partial charge on any atom is -0.539 e. The Morgan fingerprint density at radius 3 is 1.10 bits per heavy atom. The van der Waals surface area contributed by atoms with E-state index in [1.165, 1.54) is 5.56 Å². The third-order valence-corrected chi connectivity index (χ3v) is 6.48. The van der Waals surface area contributed by atoms with Crippen LogP contribution in [0.3, 0.4) is 0 Å². The van der Waals surface area contributed by atoms with E-state index in [1.807, 2.05) is 84.9 Å². The molecule has 1 aromatic heterocycles. The molecule has 0 aliphatic rings. The molecule has 0 bridgehead atoms. The Hall–Kier alpha value is -5.07.